The van der Waals surface area contributed by atoms with Crippen LogP contribution in [-0.4, -0.2) is 99.4 Å². The molecule has 2 saturated heterocycles. The number of ether oxygens (including phenoxy) is 4. The number of hydrogen-bond donors (Lipinski definition) is 5. The molecule has 13 unspecified atom stereocenters. The summed E-state index contributed by atoms with van der Waals surface area (Å²) in [7, 11) is 3.81. The molecule has 0 amide bonds. The van der Waals surface area contributed by atoms with Crippen molar-refractivity contribution in [2.75, 3.05) is 40.5 Å². The molecule has 6 saturated carbocycles. The molecule has 6 aliphatic carbocycles. The number of rotatable bonds is 13. The first-order valence-corrected chi connectivity index (χ1v) is 24.1. The molecule has 57 heavy (non-hydrogen) atoms. The van der Waals surface area contributed by atoms with Crippen molar-refractivity contribution in [1.82, 2.24) is 10.6 Å². The van der Waals surface area contributed by atoms with Gasteiger partial charge in [-0.1, -0.05) is 38.5 Å². The molecule has 2 aliphatic heterocycles. The molecule has 0 bridgehead atoms. The molecule has 6 N–H and O–H groups in total. The number of carbonyl (C=O) groups excluding carboxylic acids is 1. The maximum absolute atomic E-state index is 12.4. The van der Waals surface area contributed by atoms with Gasteiger partial charge in [0, 0.05) is 26.5 Å². The number of methoxy groups -OCH3 is 1. The topological polar surface area (TPSA) is 145 Å². The summed E-state index contributed by atoms with van der Waals surface area (Å²) < 4.78 is 26.2. The molecule has 8 rings (SSSR count). The van der Waals surface area contributed by atoms with Crippen LogP contribution in [0.15, 0.2) is 0 Å². The molecule has 10 heteroatoms. The maximum atomic E-state index is 12.4. The quantitative estimate of drug-likeness (QED) is 0.108. The minimum Gasteiger partial charge on any atom is -0.465 e. The van der Waals surface area contributed by atoms with Crippen molar-refractivity contribution in [1.29, 1.82) is 0 Å². The van der Waals surface area contributed by atoms with Gasteiger partial charge >= 0.3 is 5.97 Å². The van der Waals surface area contributed by atoms with Gasteiger partial charge < -0.3 is 45.5 Å². The molecule has 2 heterocycles. The smallest absolute Gasteiger partial charge is 0.302 e. The fourth-order valence-electron chi connectivity index (χ4n) is 15.6. The third-order valence-electron chi connectivity index (χ3n) is 18.0. The largest absolute Gasteiger partial charge is 0.465 e. The molecule has 10 nitrogen and oxygen atoms in total. The number of carbonyl (C=O) groups is 1. The summed E-state index contributed by atoms with van der Waals surface area (Å²) in [5, 5.41) is 29.2. The fourth-order valence-corrected chi connectivity index (χ4v) is 15.6. The number of piperidine rings is 1. The highest BCUT2D eigenvalue weighted by Crippen LogP contribution is 2.69. The van der Waals surface area contributed by atoms with Crippen LogP contribution in [0.1, 0.15) is 135 Å². The van der Waals surface area contributed by atoms with Crippen molar-refractivity contribution in [3.63, 3.8) is 0 Å². The van der Waals surface area contributed by atoms with Gasteiger partial charge in [0.2, 0.25) is 0 Å². The van der Waals surface area contributed by atoms with E-state index in [2.05, 4.69) is 10.6 Å². The van der Waals surface area contributed by atoms with Gasteiger partial charge in [-0.05, 0) is 168 Å². The van der Waals surface area contributed by atoms with Crippen LogP contribution in [0.3, 0.4) is 0 Å². The van der Waals surface area contributed by atoms with Crippen LogP contribution in [-0.2, 0) is 23.7 Å². The highest BCUT2D eigenvalue weighted by atomic mass is 16.5. The van der Waals surface area contributed by atoms with E-state index in [4.69, 9.17) is 24.7 Å². The second-order valence-corrected chi connectivity index (χ2v) is 21.0. The lowest BCUT2D eigenvalue weighted by Crippen LogP contribution is -2.59. The number of aliphatic hydroxyl groups is 2. The summed E-state index contributed by atoms with van der Waals surface area (Å²) in [6, 6.07) is 0. The summed E-state index contributed by atoms with van der Waals surface area (Å²) in [5.41, 5.74) is 6.60. The lowest BCUT2D eigenvalue weighted by Gasteiger charge is -2.61. The zero-order chi connectivity index (χ0) is 39.7. The Hall–Kier alpha value is -0.850. The molecule has 0 aromatic heterocycles. The standard InChI is InChI=1S/C47H81N3O7/c1-28(51)56-27-38-36-13-14-37-43-33(21-34(52)23-41(43)54-3)25-47(44(37)46(36)57-45(38)30-10-15-39(53)40(22-30)55-20-19-49-2)18-17-31(24-47)35(32-11-16-42(48)50-26-32)12-9-29-7-5-4-6-8-29/h29-46,49-50,52-53H,4-27,48H2,1-3H3/t30?,31-,32?,33?,34?,35+,36?,37?,38-,39?,40?,41?,42?,43?,44?,45-,46?,47+/m1/s1. The van der Waals surface area contributed by atoms with Crippen molar-refractivity contribution < 1.29 is 34.0 Å². The Morgan fingerprint density at radius 3 is 2.49 bits per heavy atom. The van der Waals surface area contributed by atoms with E-state index in [0.29, 0.717) is 61.1 Å². The van der Waals surface area contributed by atoms with Crippen LogP contribution >= 0.6 is 0 Å². The second kappa shape index (κ2) is 19.0. The van der Waals surface area contributed by atoms with Crippen LogP contribution < -0.4 is 16.4 Å². The van der Waals surface area contributed by atoms with Gasteiger partial charge in [0.1, 0.15) is 0 Å². The van der Waals surface area contributed by atoms with Crippen molar-refractivity contribution in [3.8, 4) is 0 Å². The Kier molecular flexibility index (Phi) is 14.3. The number of likely N-dealkylation sites (N-methyl/N-ethyl adjacent to an activating group) is 1. The van der Waals surface area contributed by atoms with E-state index in [1.54, 1.807) is 6.92 Å². The molecule has 8 aliphatic rings. The zero-order valence-corrected chi connectivity index (χ0v) is 35.9. The minimum absolute atomic E-state index is 0.0138. The molecule has 1 spiro atoms. The highest BCUT2D eigenvalue weighted by molar-refractivity contribution is 5.65. The van der Waals surface area contributed by atoms with Crippen LogP contribution in [0, 0.1) is 70.5 Å². The monoisotopic (exact) mass is 800 g/mol. The predicted octanol–water partition coefficient (Wildman–Crippen LogP) is 6.19. The molecule has 0 aromatic rings. The van der Waals surface area contributed by atoms with Crippen molar-refractivity contribution in [2.45, 2.75) is 178 Å². The number of fused-ring (bicyclic) bond motifs is 6. The fraction of sp³-hybridized carbons (Fsp3) is 0.979. The third kappa shape index (κ3) is 9.20. The minimum atomic E-state index is -0.458. The molecule has 8 fully saturated rings. The second-order valence-electron chi connectivity index (χ2n) is 21.0. The van der Waals surface area contributed by atoms with Crippen LogP contribution in [0.5, 0.6) is 0 Å². The van der Waals surface area contributed by atoms with Gasteiger partial charge in [-0.15, -0.1) is 0 Å². The number of hydrogen-bond acceptors (Lipinski definition) is 10. The van der Waals surface area contributed by atoms with E-state index in [1.807, 2.05) is 14.2 Å². The molecule has 0 aromatic carbocycles. The summed E-state index contributed by atoms with van der Waals surface area (Å²) in [6.07, 6.45) is 22.9. The van der Waals surface area contributed by atoms with Crippen LogP contribution in [0.2, 0.25) is 0 Å². The van der Waals surface area contributed by atoms with Crippen molar-refractivity contribution in [3.05, 3.63) is 0 Å². The summed E-state index contributed by atoms with van der Waals surface area (Å²) in [6.45, 7) is 4.35. The average Bonchev–Trinajstić information content (AvgIpc) is 3.80. The summed E-state index contributed by atoms with van der Waals surface area (Å²) in [5.74, 6) is 5.45. The summed E-state index contributed by atoms with van der Waals surface area (Å²) >= 11 is 0. The van der Waals surface area contributed by atoms with Gasteiger partial charge in [-0.2, -0.15) is 0 Å². The van der Waals surface area contributed by atoms with Crippen molar-refractivity contribution >= 4 is 5.97 Å². The maximum Gasteiger partial charge on any atom is 0.302 e. The van der Waals surface area contributed by atoms with E-state index in [0.717, 1.165) is 69.9 Å². The third-order valence-corrected chi connectivity index (χ3v) is 18.0. The molecule has 18 atom stereocenters. The van der Waals surface area contributed by atoms with E-state index in [1.165, 1.54) is 77.0 Å². The Morgan fingerprint density at radius 2 is 1.74 bits per heavy atom. The van der Waals surface area contributed by atoms with Gasteiger partial charge in [-0.3, -0.25) is 4.79 Å². The number of aliphatic hydroxyl groups excluding tert-OH is 2. The first-order valence-electron chi connectivity index (χ1n) is 24.1. The van der Waals surface area contributed by atoms with Gasteiger partial charge in [0.15, 0.2) is 0 Å². The Morgan fingerprint density at radius 1 is 0.912 bits per heavy atom. The lowest BCUT2D eigenvalue weighted by atomic mass is 9.45. The highest BCUT2D eigenvalue weighted by Gasteiger charge is 2.66. The Balaban J connectivity index is 1.10. The average molecular weight is 800 g/mol. The zero-order valence-electron chi connectivity index (χ0n) is 35.9. The number of nitrogens with one attached hydrogen (secondary N) is 2. The number of nitrogens with two attached hydrogens (primary N) is 1. The van der Waals surface area contributed by atoms with Gasteiger partial charge in [-0.25, -0.2) is 0 Å². The lowest BCUT2D eigenvalue weighted by molar-refractivity contribution is -0.192. The summed E-state index contributed by atoms with van der Waals surface area (Å²) in [4.78, 5) is 12.4. The van der Waals surface area contributed by atoms with E-state index < -0.39 is 6.10 Å². The van der Waals surface area contributed by atoms with E-state index in [-0.39, 0.29) is 59.9 Å². The van der Waals surface area contributed by atoms with Gasteiger partial charge in [0.25, 0.3) is 0 Å². The molecular formula is C47H81N3O7. The van der Waals surface area contributed by atoms with Crippen molar-refractivity contribution in [2.24, 2.45) is 76.2 Å². The van der Waals surface area contributed by atoms with E-state index >= 15 is 0 Å². The molecule has 0 radical (unpaired) electrons. The Bertz CT molecular complexity index is 1290. The SMILES string of the molecule is CNCCOC1CC([C@H]2OC3C(CCC4C5C(CC(O)CC5OC)C[C@@]5(CC[C@@H]([C@H](CCC6CCCCC6)C6CCC(N)NC6)C5)C43)[C@H]2COC(C)=O)CCC1O. The normalized spacial score (nSPS) is 46.9. The van der Waals surface area contributed by atoms with Gasteiger partial charge in [0.05, 0.1) is 56.0 Å². The first kappa shape index (κ1) is 42.8. The van der Waals surface area contributed by atoms with Crippen LogP contribution in [0.25, 0.3) is 0 Å². The Labute approximate surface area is 344 Å². The number of esters is 1. The molecular weight excluding hydrogens is 719 g/mol. The first-order chi connectivity index (χ1) is 27.7. The van der Waals surface area contributed by atoms with E-state index in [9.17, 15) is 15.0 Å². The molecule has 326 valence electrons. The predicted molar refractivity (Wildman–Crippen MR) is 221 cm³/mol. The van der Waals surface area contributed by atoms with Crippen LogP contribution in [0.4, 0.5) is 0 Å².